The second kappa shape index (κ2) is 14.1. The lowest BCUT2D eigenvalue weighted by atomic mass is 9.76. The summed E-state index contributed by atoms with van der Waals surface area (Å²) < 4.78 is 33.7. The van der Waals surface area contributed by atoms with Gasteiger partial charge in [-0.1, -0.05) is 30.3 Å². The number of hydrogen-bond acceptors (Lipinski definition) is 6. The van der Waals surface area contributed by atoms with Crippen LogP contribution in [0.25, 0.3) is 0 Å². The standard InChI is InChI=1S/C30H35ClO6/c1-32-20-36-24-11-9-22(10-12-24)28-19-35-29-18-26(37-21-33-2)13-14-27(29)30(28)23-7-6-8-25(17-23)34-16-5-3-4-15-31/h6-14,17-18,28,30H,3-5,15-16,19-21H2,1-2H3. The van der Waals surface area contributed by atoms with Gasteiger partial charge < -0.3 is 28.4 Å². The van der Waals surface area contributed by atoms with Crippen molar-refractivity contribution in [2.45, 2.75) is 31.1 Å². The Hall–Kier alpha value is -2.93. The van der Waals surface area contributed by atoms with E-state index in [-0.39, 0.29) is 25.4 Å². The lowest BCUT2D eigenvalue weighted by Crippen LogP contribution is -2.25. The van der Waals surface area contributed by atoms with Crippen LogP contribution in [0, 0.1) is 0 Å². The molecule has 0 N–H and O–H groups in total. The highest BCUT2D eigenvalue weighted by molar-refractivity contribution is 6.17. The van der Waals surface area contributed by atoms with Crippen LogP contribution >= 0.6 is 11.6 Å². The summed E-state index contributed by atoms with van der Waals surface area (Å²) in [5, 5.41) is 0. The lowest BCUT2D eigenvalue weighted by molar-refractivity contribution is 0.0507. The second-order valence-corrected chi connectivity index (χ2v) is 9.31. The van der Waals surface area contributed by atoms with E-state index in [2.05, 4.69) is 36.4 Å². The van der Waals surface area contributed by atoms with Crippen LogP contribution in [0.15, 0.2) is 66.7 Å². The highest BCUT2D eigenvalue weighted by Crippen LogP contribution is 2.47. The van der Waals surface area contributed by atoms with E-state index >= 15 is 0 Å². The maximum Gasteiger partial charge on any atom is 0.188 e. The molecule has 37 heavy (non-hydrogen) atoms. The highest BCUT2D eigenvalue weighted by atomic mass is 35.5. The Morgan fingerprint density at radius 3 is 2.24 bits per heavy atom. The first-order chi connectivity index (χ1) is 18.2. The summed E-state index contributed by atoms with van der Waals surface area (Å²) in [7, 11) is 3.22. The molecule has 1 aliphatic rings. The van der Waals surface area contributed by atoms with E-state index in [1.807, 2.05) is 30.3 Å². The van der Waals surface area contributed by atoms with Gasteiger partial charge >= 0.3 is 0 Å². The van der Waals surface area contributed by atoms with E-state index in [0.29, 0.717) is 24.8 Å². The van der Waals surface area contributed by atoms with Crippen molar-refractivity contribution in [2.24, 2.45) is 0 Å². The van der Waals surface area contributed by atoms with Gasteiger partial charge in [0.05, 0.1) is 13.2 Å². The molecule has 0 bridgehead atoms. The third-order valence-corrected chi connectivity index (χ3v) is 6.67. The Morgan fingerprint density at radius 2 is 1.49 bits per heavy atom. The van der Waals surface area contributed by atoms with Crippen LogP contribution in [-0.2, 0) is 9.47 Å². The van der Waals surface area contributed by atoms with Gasteiger partial charge in [0, 0.05) is 43.6 Å². The minimum atomic E-state index is 0.0748. The number of alkyl halides is 1. The number of unbranched alkanes of at least 4 members (excludes halogenated alkanes) is 2. The van der Waals surface area contributed by atoms with Gasteiger partial charge in [-0.25, -0.2) is 0 Å². The molecule has 0 saturated heterocycles. The van der Waals surface area contributed by atoms with Crippen molar-refractivity contribution in [1.29, 1.82) is 0 Å². The number of methoxy groups -OCH3 is 2. The van der Waals surface area contributed by atoms with E-state index in [0.717, 1.165) is 42.1 Å². The predicted molar refractivity (Wildman–Crippen MR) is 144 cm³/mol. The molecule has 7 heteroatoms. The number of rotatable bonds is 14. The Labute approximate surface area is 224 Å². The molecule has 0 aliphatic carbocycles. The summed E-state index contributed by atoms with van der Waals surface area (Å²) >= 11 is 5.80. The summed E-state index contributed by atoms with van der Waals surface area (Å²) in [4.78, 5) is 0. The Kier molecular flexibility index (Phi) is 10.4. The molecule has 0 saturated carbocycles. The van der Waals surface area contributed by atoms with Crippen LogP contribution in [0.4, 0.5) is 0 Å². The summed E-state index contributed by atoms with van der Waals surface area (Å²) in [5.41, 5.74) is 3.46. The normalized spacial score (nSPS) is 16.5. The summed E-state index contributed by atoms with van der Waals surface area (Å²) in [6, 6.07) is 22.6. The molecule has 198 valence electrons. The Morgan fingerprint density at radius 1 is 0.757 bits per heavy atom. The van der Waals surface area contributed by atoms with Crippen LogP contribution < -0.4 is 18.9 Å². The van der Waals surface area contributed by atoms with E-state index in [1.165, 1.54) is 11.1 Å². The third-order valence-electron chi connectivity index (χ3n) is 6.40. The molecule has 4 rings (SSSR count). The van der Waals surface area contributed by atoms with Crippen LogP contribution in [0.3, 0.4) is 0 Å². The van der Waals surface area contributed by atoms with Gasteiger partial charge in [-0.3, -0.25) is 0 Å². The number of benzene rings is 3. The zero-order valence-electron chi connectivity index (χ0n) is 21.5. The van der Waals surface area contributed by atoms with Crippen molar-refractivity contribution in [3.8, 4) is 23.0 Å². The van der Waals surface area contributed by atoms with Gasteiger partial charge in [-0.05, 0) is 60.7 Å². The van der Waals surface area contributed by atoms with Gasteiger partial charge in [0.25, 0.3) is 0 Å². The highest BCUT2D eigenvalue weighted by Gasteiger charge is 2.34. The van der Waals surface area contributed by atoms with E-state index < -0.39 is 0 Å². The number of halogens is 1. The largest absolute Gasteiger partial charge is 0.494 e. The number of fused-ring (bicyclic) bond motifs is 1. The molecular formula is C30H35ClO6. The quantitative estimate of drug-likeness (QED) is 0.132. The zero-order valence-corrected chi connectivity index (χ0v) is 22.2. The SMILES string of the molecule is COCOc1ccc(C2COc3cc(OCOC)ccc3C2c2cccc(OCCCCCCl)c2)cc1. The van der Waals surface area contributed by atoms with Crippen LogP contribution in [0.2, 0.25) is 0 Å². The molecule has 2 atom stereocenters. The van der Waals surface area contributed by atoms with Crippen molar-refractivity contribution >= 4 is 11.6 Å². The van der Waals surface area contributed by atoms with Gasteiger partial charge in [0.2, 0.25) is 0 Å². The average Bonchev–Trinajstić information content (AvgIpc) is 2.94. The molecule has 0 aromatic heterocycles. The maximum absolute atomic E-state index is 6.28. The Bertz CT molecular complexity index is 1100. The van der Waals surface area contributed by atoms with Crippen molar-refractivity contribution in [2.75, 3.05) is 46.9 Å². The van der Waals surface area contributed by atoms with Crippen LogP contribution in [0.5, 0.6) is 23.0 Å². The molecule has 6 nitrogen and oxygen atoms in total. The van der Waals surface area contributed by atoms with Crippen molar-refractivity contribution in [3.63, 3.8) is 0 Å². The number of hydrogen-bond donors (Lipinski definition) is 0. The molecule has 0 fully saturated rings. The summed E-state index contributed by atoms with van der Waals surface area (Å²) in [6.45, 7) is 1.62. The summed E-state index contributed by atoms with van der Waals surface area (Å²) in [6.07, 6.45) is 3.06. The monoisotopic (exact) mass is 526 g/mol. The minimum Gasteiger partial charge on any atom is -0.494 e. The fourth-order valence-corrected chi connectivity index (χ4v) is 4.79. The van der Waals surface area contributed by atoms with E-state index in [4.69, 9.17) is 40.0 Å². The molecule has 0 spiro atoms. The van der Waals surface area contributed by atoms with Crippen molar-refractivity contribution in [3.05, 3.63) is 83.4 Å². The van der Waals surface area contributed by atoms with E-state index in [9.17, 15) is 0 Å². The first-order valence-electron chi connectivity index (χ1n) is 12.6. The lowest BCUT2D eigenvalue weighted by Gasteiger charge is -2.35. The molecule has 3 aromatic rings. The molecule has 1 heterocycles. The first kappa shape index (κ1) is 27.1. The van der Waals surface area contributed by atoms with E-state index in [1.54, 1.807) is 14.2 Å². The predicted octanol–water partition coefficient (Wildman–Crippen LogP) is 6.75. The average molecular weight is 527 g/mol. The zero-order chi connectivity index (χ0) is 25.9. The minimum absolute atomic E-state index is 0.0748. The molecule has 0 amide bonds. The Balaban J connectivity index is 1.63. The van der Waals surface area contributed by atoms with Crippen LogP contribution in [0.1, 0.15) is 47.8 Å². The van der Waals surface area contributed by atoms with Gasteiger partial charge in [-0.2, -0.15) is 0 Å². The van der Waals surface area contributed by atoms with Gasteiger partial charge in [-0.15, -0.1) is 11.6 Å². The molecule has 1 aliphatic heterocycles. The number of ether oxygens (including phenoxy) is 6. The maximum atomic E-state index is 6.28. The summed E-state index contributed by atoms with van der Waals surface area (Å²) in [5.74, 6) is 4.05. The fraction of sp³-hybridized carbons (Fsp3) is 0.400. The van der Waals surface area contributed by atoms with Crippen molar-refractivity contribution < 1.29 is 28.4 Å². The van der Waals surface area contributed by atoms with Gasteiger partial charge in [0.15, 0.2) is 13.6 Å². The van der Waals surface area contributed by atoms with Gasteiger partial charge in [0.1, 0.15) is 23.0 Å². The van der Waals surface area contributed by atoms with Crippen LogP contribution in [-0.4, -0.2) is 46.9 Å². The molecule has 3 aromatic carbocycles. The first-order valence-corrected chi connectivity index (χ1v) is 13.2. The molecule has 2 unspecified atom stereocenters. The third kappa shape index (κ3) is 7.31. The second-order valence-electron chi connectivity index (χ2n) is 8.94. The molecule has 0 radical (unpaired) electrons. The topological polar surface area (TPSA) is 55.4 Å². The molecular weight excluding hydrogens is 492 g/mol. The smallest absolute Gasteiger partial charge is 0.188 e. The van der Waals surface area contributed by atoms with Crippen molar-refractivity contribution in [1.82, 2.24) is 0 Å². The fourth-order valence-electron chi connectivity index (χ4n) is 4.61.